The lowest BCUT2D eigenvalue weighted by Crippen LogP contribution is -2.44. The highest BCUT2D eigenvalue weighted by molar-refractivity contribution is 4.91. The number of hydrogen-bond donors (Lipinski definition) is 1. The number of fused-ring (bicyclic) bond motifs is 1. The van der Waals surface area contributed by atoms with Gasteiger partial charge in [-0.15, -0.1) is 0 Å². The Morgan fingerprint density at radius 1 is 0.722 bits per heavy atom. The number of nitrogens with two attached hydrogens (primary N) is 1. The summed E-state index contributed by atoms with van der Waals surface area (Å²) < 4.78 is 0. The molecular weight excluding hydrogens is 218 g/mol. The SMILES string of the molecule is NC1CCC2CCCCC2C1CCC1CCCC1. The van der Waals surface area contributed by atoms with Gasteiger partial charge in [0.1, 0.15) is 0 Å². The van der Waals surface area contributed by atoms with Gasteiger partial charge in [-0.05, 0) is 49.4 Å². The summed E-state index contributed by atoms with van der Waals surface area (Å²) in [7, 11) is 0. The van der Waals surface area contributed by atoms with Crippen LogP contribution < -0.4 is 5.73 Å². The quantitative estimate of drug-likeness (QED) is 0.783. The second kappa shape index (κ2) is 5.94. The van der Waals surface area contributed by atoms with Crippen LogP contribution in [0.3, 0.4) is 0 Å². The molecule has 4 atom stereocenters. The standard InChI is InChI=1S/C17H31N/c18-17-12-10-14-7-3-4-8-15(14)16(17)11-9-13-5-1-2-6-13/h13-17H,1-12,18H2. The van der Waals surface area contributed by atoms with E-state index >= 15 is 0 Å². The van der Waals surface area contributed by atoms with Gasteiger partial charge >= 0.3 is 0 Å². The molecule has 4 unspecified atom stereocenters. The predicted octanol–water partition coefficient (Wildman–Crippen LogP) is 4.50. The number of hydrogen-bond acceptors (Lipinski definition) is 1. The molecule has 3 fully saturated rings. The van der Waals surface area contributed by atoms with E-state index in [1.807, 2.05) is 0 Å². The molecule has 3 saturated carbocycles. The Morgan fingerprint density at radius 3 is 2.28 bits per heavy atom. The molecule has 0 aromatic carbocycles. The van der Waals surface area contributed by atoms with Crippen LogP contribution in [0.5, 0.6) is 0 Å². The lowest BCUT2D eigenvalue weighted by atomic mass is 9.62. The molecule has 1 heteroatoms. The van der Waals surface area contributed by atoms with Crippen LogP contribution in [0.4, 0.5) is 0 Å². The minimum atomic E-state index is 0.533. The summed E-state index contributed by atoms with van der Waals surface area (Å²) in [6.45, 7) is 0. The van der Waals surface area contributed by atoms with E-state index in [9.17, 15) is 0 Å². The van der Waals surface area contributed by atoms with Crippen LogP contribution in [0.25, 0.3) is 0 Å². The van der Waals surface area contributed by atoms with Crippen molar-refractivity contribution in [1.82, 2.24) is 0 Å². The van der Waals surface area contributed by atoms with Crippen molar-refractivity contribution in [3.63, 3.8) is 0 Å². The smallest absolute Gasteiger partial charge is 0.00700 e. The highest BCUT2D eigenvalue weighted by Gasteiger charge is 2.38. The highest BCUT2D eigenvalue weighted by Crippen LogP contribution is 2.45. The molecule has 3 aliphatic rings. The zero-order chi connectivity index (χ0) is 12.4. The van der Waals surface area contributed by atoms with Crippen molar-refractivity contribution in [3.05, 3.63) is 0 Å². The molecule has 0 aromatic heterocycles. The van der Waals surface area contributed by atoms with Crippen LogP contribution in [0.1, 0.15) is 77.0 Å². The van der Waals surface area contributed by atoms with Gasteiger partial charge in [0.25, 0.3) is 0 Å². The second-order valence-electron chi connectivity index (χ2n) is 7.34. The topological polar surface area (TPSA) is 26.0 Å². The van der Waals surface area contributed by atoms with Gasteiger partial charge in [0, 0.05) is 6.04 Å². The van der Waals surface area contributed by atoms with E-state index in [-0.39, 0.29) is 0 Å². The average Bonchev–Trinajstić information content (AvgIpc) is 2.91. The molecule has 0 amide bonds. The van der Waals surface area contributed by atoms with E-state index in [1.165, 1.54) is 77.0 Å². The monoisotopic (exact) mass is 249 g/mol. The lowest BCUT2D eigenvalue weighted by Gasteiger charge is -2.45. The summed E-state index contributed by atoms with van der Waals surface area (Å²) in [5.41, 5.74) is 6.47. The van der Waals surface area contributed by atoms with Crippen molar-refractivity contribution in [3.8, 4) is 0 Å². The van der Waals surface area contributed by atoms with E-state index in [2.05, 4.69) is 0 Å². The van der Waals surface area contributed by atoms with Crippen molar-refractivity contribution in [2.45, 2.75) is 83.1 Å². The van der Waals surface area contributed by atoms with E-state index in [4.69, 9.17) is 5.73 Å². The summed E-state index contributed by atoms with van der Waals surface area (Å²) in [4.78, 5) is 0. The zero-order valence-corrected chi connectivity index (χ0v) is 11.9. The first-order valence-electron chi connectivity index (χ1n) is 8.60. The molecular formula is C17H31N. The maximum Gasteiger partial charge on any atom is 0.00700 e. The Balaban J connectivity index is 1.56. The van der Waals surface area contributed by atoms with E-state index in [0.717, 1.165) is 23.7 Å². The van der Waals surface area contributed by atoms with Crippen LogP contribution in [-0.4, -0.2) is 6.04 Å². The van der Waals surface area contributed by atoms with Gasteiger partial charge in [-0.3, -0.25) is 0 Å². The fourth-order valence-corrected chi connectivity index (χ4v) is 5.25. The molecule has 0 aromatic rings. The third-order valence-electron chi connectivity index (χ3n) is 6.32. The molecule has 0 radical (unpaired) electrons. The van der Waals surface area contributed by atoms with E-state index < -0.39 is 0 Å². The maximum absolute atomic E-state index is 6.47. The molecule has 18 heavy (non-hydrogen) atoms. The van der Waals surface area contributed by atoms with E-state index in [1.54, 1.807) is 0 Å². The zero-order valence-electron chi connectivity index (χ0n) is 11.9. The van der Waals surface area contributed by atoms with Gasteiger partial charge in [0.05, 0.1) is 0 Å². The molecule has 1 nitrogen and oxygen atoms in total. The maximum atomic E-state index is 6.47. The molecule has 0 saturated heterocycles. The fraction of sp³-hybridized carbons (Fsp3) is 1.00. The first-order valence-corrected chi connectivity index (χ1v) is 8.60. The minimum absolute atomic E-state index is 0.533. The lowest BCUT2D eigenvalue weighted by molar-refractivity contribution is 0.0765. The van der Waals surface area contributed by atoms with E-state index in [0.29, 0.717) is 6.04 Å². The third kappa shape index (κ3) is 2.76. The average molecular weight is 249 g/mol. The Labute approximate surface area is 113 Å². The van der Waals surface area contributed by atoms with Crippen molar-refractivity contribution < 1.29 is 0 Å². The molecule has 0 heterocycles. The Bertz CT molecular complexity index is 256. The molecule has 0 aliphatic heterocycles. The molecule has 104 valence electrons. The summed E-state index contributed by atoms with van der Waals surface area (Å²) >= 11 is 0. The summed E-state index contributed by atoms with van der Waals surface area (Å²) in [5.74, 6) is 3.99. The van der Waals surface area contributed by atoms with Crippen molar-refractivity contribution in [1.29, 1.82) is 0 Å². The van der Waals surface area contributed by atoms with Crippen LogP contribution in [-0.2, 0) is 0 Å². The molecule has 3 aliphatic carbocycles. The Hall–Kier alpha value is -0.0400. The van der Waals surface area contributed by atoms with Gasteiger partial charge in [0.15, 0.2) is 0 Å². The van der Waals surface area contributed by atoms with Gasteiger partial charge in [-0.1, -0.05) is 51.4 Å². The van der Waals surface area contributed by atoms with Crippen molar-refractivity contribution in [2.75, 3.05) is 0 Å². The van der Waals surface area contributed by atoms with Crippen molar-refractivity contribution in [2.24, 2.45) is 29.4 Å². The van der Waals surface area contributed by atoms with Gasteiger partial charge in [-0.2, -0.15) is 0 Å². The van der Waals surface area contributed by atoms with Crippen LogP contribution in [0.2, 0.25) is 0 Å². The van der Waals surface area contributed by atoms with Gasteiger partial charge in [-0.25, -0.2) is 0 Å². The summed E-state index contributed by atoms with van der Waals surface area (Å²) in [6.07, 6.45) is 17.7. The highest BCUT2D eigenvalue weighted by atomic mass is 14.7. The molecule has 2 N–H and O–H groups in total. The molecule has 3 rings (SSSR count). The van der Waals surface area contributed by atoms with Crippen LogP contribution >= 0.6 is 0 Å². The number of rotatable bonds is 3. The van der Waals surface area contributed by atoms with Crippen LogP contribution in [0.15, 0.2) is 0 Å². The van der Waals surface area contributed by atoms with Crippen molar-refractivity contribution >= 4 is 0 Å². The fourth-order valence-electron chi connectivity index (χ4n) is 5.25. The largest absolute Gasteiger partial charge is 0.327 e. The Morgan fingerprint density at radius 2 is 1.44 bits per heavy atom. The van der Waals surface area contributed by atoms with Gasteiger partial charge in [0.2, 0.25) is 0 Å². The minimum Gasteiger partial charge on any atom is -0.327 e. The Kier molecular flexibility index (Phi) is 4.28. The predicted molar refractivity (Wildman–Crippen MR) is 77.3 cm³/mol. The van der Waals surface area contributed by atoms with Crippen LogP contribution in [0, 0.1) is 23.7 Å². The first kappa shape index (κ1) is 13.0. The molecule has 0 spiro atoms. The normalized spacial score (nSPS) is 41.8. The second-order valence-corrected chi connectivity index (χ2v) is 7.34. The molecule has 0 bridgehead atoms. The van der Waals surface area contributed by atoms with Gasteiger partial charge < -0.3 is 5.73 Å². The third-order valence-corrected chi connectivity index (χ3v) is 6.32. The first-order chi connectivity index (χ1) is 8.84. The summed E-state index contributed by atoms with van der Waals surface area (Å²) in [6, 6.07) is 0.533. The summed E-state index contributed by atoms with van der Waals surface area (Å²) in [5, 5.41) is 0.